The fraction of sp³-hybridized carbons (Fsp3) is 1.00. The summed E-state index contributed by atoms with van der Waals surface area (Å²) in [6.45, 7) is 12.9. The molecule has 8 heavy (non-hydrogen) atoms. The molecule has 7 heteroatoms. The van der Waals surface area contributed by atoms with Crippen molar-refractivity contribution in [2.24, 2.45) is 0 Å². The van der Waals surface area contributed by atoms with Crippen molar-refractivity contribution < 1.29 is 0 Å². The van der Waals surface area contributed by atoms with Gasteiger partial charge in [0, 0.05) is 0 Å². The van der Waals surface area contributed by atoms with Gasteiger partial charge in [-0.25, -0.2) is 0 Å². The van der Waals surface area contributed by atoms with Gasteiger partial charge in [-0.05, 0) is 0 Å². The molecule has 0 saturated heterocycles. The van der Waals surface area contributed by atoms with Crippen molar-refractivity contribution in [2.75, 3.05) is 0 Å². The van der Waals surface area contributed by atoms with Crippen LogP contribution in [-0.4, -0.2) is 48.0 Å². The minimum absolute atomic E-state index is 1.50. The first kappa shape index (κ1) is 8.45. The van der Waals surface area contributed by atoms with Crippen LogP contribution in [0.4, 0.5) is 0 Å². The van der Waals surface area contributed by atoms with Crippen molar-refractivity contribution in [2.45, 2.75) is 6.82 Å². The van der Waals surface area contributed by atoms with Gasteiger partial charge in [-0.1, -0.05) is 0 Å². The molecular weight excluding hydrogens is 87.7 g/mol. The molecule has 0 aromatic carbocycles. The summed E-state index contributed by atoms with van der Waals surface area (Å²) in [6, 6.07) is 0. The Bertz CT molecular complexity index is 95.6. The van der Waals surface area contributed by atoms with Crippen LogP contribution in [0.2, 0.25) is 6.82 Å². The second kappa shape index (κ2) is 7.45. The normalized spacial score (nSPS) is 6.62. The molecule has 0 rings (SSSR count). The van der Waals surface area contributed by atoms with Crippen LogP contribution < -0.4 is 0 Å². The van der Waals surface area contributed by atoms with Gasteiger partial charge in [0.25, 0.3) is 0 Å². The molecule has 0 aliphatic heterocycles. The monoisotopic (exact) mass is 92.1 g/mol. The van der Waals surface area contributed by atoms with E-state index in [4.69, 9.17) is 7.74 Å². The van der Waals surface area contributed by atoms with E-state index in [1.165, 1.54) is 6.69 Å². The first-order valence-electron chi connectivity index (χ1n) is 2.58. The van der Waals surface area contributed by atoms with Crippen LogP contribution in [0.25, 0.3) is 0 Å². The molecule has 0 aliphatic carbocycles. The quantitative estimate of drug-likeness (QED) is 0.342. The molecule has 0 unspecified atom stereocenters. The number of hydrogen-bond acceptors (Lipinski definition) is 0. The fourth-order valence-electron chi connectivity index (χ4n) is 0.304. The molecule has 0 saturated carbocycles. The van der Waals surface area contributed by atoms with Crippen molar-refractivity contribution in [1.29, 1.82) is 0 Å². The summed E-state index contributed by atoms with van der Waals surface area (Å²) in [5.41, 5.74) is 0. The van der Waals surface area contributed by atoms with Crippen LogP contribution in [-0.2, 0) is 0 Å². The average Bonchev–Trinajstić information content (AvgIpc) is 1.81. The minimum atomic E-state index is 1.50. The van der Waals surface area contributed by atoms with Crippen LogP contribution in [0.5, 0.6) is 0 Å². The molecule has 28 valence electrons. The second-order valence-corrected chi connectivity index (χ2v) is 1.30. The van der Waals surface area contributed by atoms with Crippen molar-refractivity contribution in [3.05, 3.63) is 0 Å². The van der Waals surface area contributed by atoms with E-state index in [1.54, 1.807) is 6.69 Å². The zero-order valence-electron chi connectivity index (χ0n) is 5.04. The van der Waals surface area contributed by atoms with Crippen molar-refractivity contribution >= 4 is 48.0 Å². The number of hydrogen-bond donors (Lipinski definition) is 0. The van der Waals surface area contributed by atoms with E-state index < -0.39 is 0 Å². The maximum atomic E-state index is 5.05. The topological polar surface area (TPSA) is 0 Å². The zero-order chi connectivity index (χ0) is 6.24. The Morgan fingerprint density at radius 3 is 2.12 bits per heavy atom. The summed E-state index contributed by atoms with van der Waals surface area (Å²) in [7, 11) is 5.05. The molecule has 0 nitrogen and oxygen atoms in total. The van der Waals surface area contributed by atoms with E-state index in [0.29, 0.717) is 0 Å². The molecule has 0 bridgehead atoms. The predicted octanol–water partition coefficient (Wildman–Crippen LogP) is -2.08. The van der Waals surface area contributed by atoms with E-state index in [2.05, 4.69) is 0 Å². The molecular formula is CH3B7. The third kappa shape index (κ3) is 6.45. The molecule has 0 N–H and O–H groups in total. The molecule has 0 spiro atoms. The van der Waals surface area contributed by atoms with Gasteiger partial charge in [0.2, 0.25) is 0 Å². The van der Waals surface area contributed by atoms with Gasteiger partial charge in [0.05, 0.1) is 0 Å². The molecule has 0 aromatic heterocycles. The summed E-state index contributed by atoms with van der Waals surface area (Å²) in [5, 5.41) is 0. The van der Waals surface area contributed by atoms with Crippen molar-refractivity contribution in [3.63, 3.8) is 0 Å². The fourth-order valence-corrected chi connectivity index (χ4v) is 0.304. The van der Waals surface area contributed by atoms with Crippen LogP contribution in [0.1, 0.15) is 0 Å². The van der Waals surface area contributed by atoms with Crippen LogP contribution >= 0.6 is 0 Å². The summed E-state index contributed by atoms with van der Waals surface area (Å²) < 4.78 is 0. The first-order chi connectivity index (χ1) is 3.91. The van der Waals surface area contributed by atoms with Gasteiger partial charge in [-0.2, -0.15) is 0 Å². The molecule has 0 aromatic rings. The average molecular weight is 90.7 g/mol. The maximum absolute atomic E-state index is 5.05. The standard InChI is InChI=1S/CH3B7/c1-3-5-7-8-6-4-2/h1H3. The summed E-state index contributed by atoms with van der Waals surface area (Å²) in [5.74, 6) is 0. The third-order valence-corrected chi connectivity index (χ3v) is 0.637. The SMILES string of the molecule is [B]B=BB=BB=BC. The van der Waals surface area contributed by atoms with Gasteiger partial charge in [0.15, 0.2) is 0 Å². The van der Waals surface area contributed by atoms with E-state index in [9.17, 15) is 0 Å². The second-order valence-electron chi connectivity index (χ2n) is 1.30. The Kier molecular flexibility index (Phi) is 7.88. The van der Waals surface area contributed by atoms with Gasteiger partial charge >= 0.3 is 54.8 Å². The van der Waals surface area contributed by atoms with Gasteiger partial charge in [0.1, 0.15) is 0 Å². The summed E-state index contributed by atoms with van der Waals surface area (Å²) in [4.78, 5) is 0. The molecule has 0 atom stereocenters. The van der Waals surface area contributed by atoms with E-state index >= 15 is 0 Å². The Hall–Kier alpha value is 0.455. The molecule has 0 amide bonds. The Morgan fingerprint density at radius 1 is 1.00 bits per heavy atom. The molecule has 0 fully saturated rings. The van der Waals surface area contributed by atoms with Crippen molar-refractivity contribution in [1.82, 2.24) is 0 Å². The van der Waals surface area contributed by atoms with Gasteiger partial charge < -0.3 is 0 Å². The zero-order valence-corrected chi connectivity index (χ0v) is 5.04. The van der Waals surface area contributed by atoms with Gasteiger partial charge in [-0.3, -0.25) is 0 Å². The first-order valence-corrected chi connectivity index (χ1v) is 2.58. The van der Waals surface area contributed by atoms with Crippen LogP contribution in [0, 0.1) is 0 Å². The number of rotatable bonds is 2. The molecule has 2 radical (unpaired) electrons. The van der Waals surface area contributed by atoms with E-state index in [-0.39, 0.29) is 0 Å². The predicted molar refractivity (Wildman–Crippen MR) is 46.1 cm³/mol. The van der Waals surface area contributed by atoms with E-state index in [1.807, 2.05) is 33.7 Å². The Labute approximate surface area is 55.5 Å². The van der Waals surface area contributed by atoms with E-state index in [0.717, 1.165) is 0 Å². The Balaban J connectivity index is 3.35. The molecule has 0 aliphatic rings. The molecule has 0 heterocycles. The summed E-state index contributed by atoms with van der Waals surface area (Å²) in [6.07, 6.45) is 0. The van der Waals surface area contributed by atoms with Crippen molar-refractivity contribution in [3.8, 4) is 0 Å². The summed E-state index contributed by atoms with van der Waals surface area (Å²) >= 11 is 0. The third-order valence-electron chi connectivity index (χ3n) is 0.637. The van der Waals surface area contributed by atoms with Gasteiger partial charge in [-0.15, -0.1) is 0 Å². The Morgan fingerprint density at radius 2 is 1.62 bits per heavy atom. The van der Waals surface area contributed by atoms with Crippen LogP contribution in [0.15, 0.2) is 0 Å². The van der Waals surface area contributed by atoms with Crippen LogP contribution in [0.3, 0.4) is 0 Å².